The number of aromatic nitrogens is 1. The molecule has 27 heavy (non-hydrogen) atoms. The number of nitrogens with zero attached hydrogens (tertiary/aromatic N) is 1. The van der Waals surface area contributed by atoms with Gasteiger partial charge in [0.15, 0.2) is 0 Å². The number of allylic oxidation sites excluding steroid dienone is 2. The number of hydrogen-bond donors (Lipinski definition) is 1. The SMILES string of the molecule is C=C1CC2(CCNCC2)Cc2cc(/C(=C/C)c3ccc(C)nc3C)ccc21. The first-order valence-corrected chi connectivity index (χ1v) is 10.1. The molecular weight excluding hydrogens is 328 g/mol. The zero-order chi connectivity index (χ0) is 19.0. The van der Waals surface area contributed by atoms with Gasteiger partial charge < -0.3 is 5.32 Å². The Hall–Kier alpha value is -2.19. The van der Waals surface area contributed by atoms with Gasteiger partial charge in [0.1, 0.15) is 0 Å². The number of pyridine rings is 1. The number of aryl methyl sites for hydroxylation is 2. The van der Waals surface area contributed by atoms with E-state index in [1.165, 1.54) is 52.7 Å². The van der Waals surface area contributed by atoms with Crippen LogP contribution < -0.4 is 5.32 Å². The molecule has 2 aromatic rings. The van der Waals surface area contributed by atoms with Gasteiger partial charge in [-0.05, 0) is 98.9 Å². The van der Waals surface area contributed by atoms with Crippen molar-refractivity contribution >= 4 is 11.1 Å². The summed E-state index contributed by atoms with van der Waals surface area (Å²) in [5.74, 6) is 0. The monoisotopic (exact) mass is 358 g/mol. The van der Waals surface area contributed by atoms with Gasteiger partial charge in [-0.15, -0.1) is 0 Å². The molecule has 140 valence electrons. The molecule has 2 heteroatoms. The summed E-state index contributed by atoms with van der Waals surface area (Å²) >= 11 is 0. The minimum atomic E-state index is 0.408. The standard InChI is InChI=1S/C25H30N2/c1-5-22(24-8-6-18(3)27-19(24)4)20-7-9-23-17(2)15-25(16-21(23)14-20)10-12-26-13-11-25/h5-9,14,26H,2,10-13,15-16H2,1,3-4H3/b22-5-. The summed E-state index contributed by atoms with van der Waals surface area (Å²) in [5.41, 5.74) is 10.5. The van der Waals surface area contributed by atoms with Crippen LogP contribution in [0.2, 0.25) is 0 Å². The van der Waals surface area contributed by atoms with Crippen LogP contribution in [0, 0.1) is 19.3 Å². The Morgan fingerprint density at radius 1 is 1.11 bits per heavy atom. The number of nitrogens with one attached hydrogen (secondary N) is 1. The Morgan fingerprint density at radius 3 is 2.59 bits per heavy atom. The molecule has 0 saturated carbocycles. The summed E-state index contributed by atoms with van der Waals surface area (Å²) in [5, 5.41) is 3.52. The lowest BCUT2D eigenvalue weighted by Crippen LogP contribution is -2.40. The van der Waals surface area contributed by atoms with Crippen LogP contribution in [0.3, 0.4) is 0 Å². The summed E-state index contributed by atoms with van der Waals surface area (Å²) in [6.45, 7) is 13.0. The Balaban J connectivity index is 1.73. The highest BCUT2D eigenvalue weighted by Crippen LogP contribution is 2.47. The van der Waals surface area contributed by atoms with Gasteiger partial charge in [-0.2, -0.15) is 0 Å². The number of hydrogen-bond acceptors (Lipinski definition) is 2. The molecule has 0 radical (unpaired) electrons. The van der Waals surface area contributed by atoms with Crippen LogP contribution >= 0.6 is 0 Å². The first-order valence-electron chi connectivity index (χ1n) is 10.1. The van der Waals surface area contributed by atoms with Gasteiger partial charge in [-0.3, -0.25) is 4.98 Å². The number of rotatable bonds is 2. The molecule has 1 N–H and O–H groups in total. The van der Waals surface area contributed by atoms with Gasteiger partial charge in [-0.1, -0.05) is 36.9 Å². The van der Waals surface area contributed by atoms with Gasteiger partial charge in [0.25, 0.3) is 0 Å². The van der Waals surface area contributed by atoms with E-state index in [0.717, 1.165) is 30.9 Å². The van der Waals surface area contributed by atoms with Crippen LogP contribution in [0.5, 0.6) is 0 Å². The highest BCUT2D eigenvalue weighted by molar-refractivity contribution is 5.82. The van der Waals surface area contributed by atoms with Crippen molar-refractivity contribution in [3.05, 3.63) is 76.6 Å². The van der Waals surface area contributed by atoms with Gasteiger partial charge >= 0.3 is 0 Å². The zero-order valence-corrected chi connectivity index (χ0v) is 16.9. The Bertz CT molecular complexity index is 914. The van der Waals surface area contributed by atoms with E-state index in [4.69, 9.17) is 0 Å². The third-order valence-electron chi connectivity index (χ3n) is 6.42. The topological polar surface area (TPSA) is 24.9 Å². The predicted molar refractivity (Wildman–Crippen MR) is 115 cm³/mol. The van der Waals surface area contributed by atoms with Gasteiger partial charge in [0.05, 0.1) is 0 Å². The molecule has 0 amide bonds. The maximum Gasteiger partial charge on any atom is 0.0454 e. The number of benzene rings is 1. The summed E-state index contributed by atoms with van der Waals surface area (Å²) in [7, 11) is 0. The molecule has 4 rings (SSSR count). The van der Waals surface area contributed by atoms with Crippen LogP contribution in [0.4, 0.5) is 0 Å². The fourth-order valence-electron chi connectivity index (χ4n) is 5.03. The molecule has 1 aliphatic carbocycles. The lowest BCUT2D eigenvalue weighted by Gasteiger charge is -2.42. The third kappa shape index (κ3) is 3.39. The second-order valence-electron chi connectivity index (χ2n) is 8.37. The molecular formula is C25H30N2. The summed E-state index contributed by atoms with van der Waals surface area (Å²) in [6.07, 6.45) is 7.07. The molecule has 2 aliphatic rings. The Labute approximate surface area is 163 Å². The number of fused-ring (bicyclic) bond motifs is 1. The average molecular weight is 359 g/mol. The zero-order valence-electron chi connectivity index (χ0n) is 16.9. The van der Waals surface area contributed by atoms with E-state index in [0.29, 0.717) is 5.41 Å². The first-order chi connectivity index (χ1) is 13.0. The molecule has 0 atom stereocenters. The van der Waals surface area contributed by atoms with Crippen LogP contribution in [0.15, 0.2) is 43.0 Å². The highest BCUT2D eigenvalue weighted by Gasteiger charge is 2.37. The largest absolute Gasteiger partial charge is 0.317 e. The van der Waals surface area contributed by atoms with Crippen molar-refractivity contribution in [1.29, 1.82) is 0 Å². The van der Waals surface area contributed by atoms with E-state index in [-0.39, 0.29) is 0 Å². The van der Waals surface area contributed by atoms with Crippen molar-refractivity contribution < 1.29 is 0 Å². The summed E-state index contributed by atoms with van der Waals surface area (Å²) in [4.78, 5) is 4.67. The summed E-state index contributed by atoms with van der Waals surface area (Å²) < 4.78 is 0. The quantitative estimate of drug-likeness (QED) is 0.769. The predicted octanol–water partition coefficient (Wildman–Crippen LogP) is 5.48. The second kappa shape index (κ2) is 7.09. The molecule has 2 nitrogen and oxygen atoms in total. The molecule has 0 bridgehead atoms. The molecule has 1 aromatic carbocycles. The molecule has 1 spiro atoms. The van der Waals surface area contributed by atoms with E-state index in [2.05, 4.69) is 74.1 Å². The molecule has 2 heterocycles. The van der Waals surface area contributed by atoms with Crippen LogP contribution in [0.25, 0.3) is 11.1 Å². The lowest BCUT2D eigenvalue weighted by atomic mass is 9.65. The molecule has 1 fully saturated rings. The van der Waals surface area contributed by atoms with Crippen molar-refractivity contribution in [2.75, 3.05) is 13.1 Å². The van der Waals surface area contributed by atoms with Crippen molar-refractivity contribution in [1.82, 2.24) is 10.3 Å². The Kier molecular flexibility index (Phi) is 4.77. The molecule has 1 saturated heterocycles. The van der Waals surface area contributed by atoms with Gasteiger partial charge in [-0.25, -0.2) is 0 Å². The fraction of sp³-hybridized carbons (Fsp3) is 0.400. The highest BCUT2D eigenvalue weighted by atomic mass is 14.9. The van der Waals surface area contributed by atoms with E-state index < -0.39 is 0 Å². The fourth-order valence-corrected chi connectivity index (χ4v) is 5.03. The van der Waals surface area contributed by atoms with Gasteiger partial charge in [0.2, 0.25) is 0 Å². The smallest absolute Gasteiger partial charge is 0.0454 e. The lowest BCUT2D eigenvalue weighted by molar-refractivity contribution is 0.201. The van der Waals surface area contributed by atoms with Crippen molar-refractivity contribution in [3.8, 4) is 0 Å². The Morgan fingerprint density at radius 2 is 1.89 bits per heavy atom. The summed E-state index contributed by atoms with van der Waals surface area (Å²) in [6, 6.07) is 11.3. The van der Waals surface area contributed by atoms with Crippen LogP contribution in [0.1, 0.15) is 59.8 Å². The van der Waals surface area contributed by atoms with Gasteiger partial charge in [0, 0.05) is 17.0 Å². The van der Waals surface area contributed by atoms with E-state index in [1.807, 2.05) is 0 Å². The maximum absolute atomic E-state index is 4.67. The van der Waals surface area contributed by atoms with E-state index in [1.54, 1.807) is 0 Å². The third-order valence-corrected chi connectivity index (χ3v) is 6.42. The minimum absolute atomic E-state index is 0.408. The van der Waals surface area contributed by atoms with E-state index >= 15 is 0 Å². The molecule has 0 unspecified atom stereocenters. The normalized spacial score (nSPS) is 19.2. The van der Waals surface area contributed by atoms with Crippen molar-refractivity contribution in [2.24, 2.45) is 5.41 Å². The second-order valence-corrected chi connectivity index (χ2v) is 8.37. The first kappa shape index (κ1) is 18.2. The maximum atomic E-state index is 4.67. The molecule has 1 aliphatic heterocycles. The molecule has 1 aromatic heterocycles. The van der Waals surface area contributed by atoms with E-state index in [9.17, 15) is 0 Å². The van der Waals surface area contributed by atoms with Crippen LogP contribution in [-0.4, -0.2) is 18.1 Å². The average Bonchev–Trinajstić information content (AvgIpc) is 2.64. The minimum Gasteiger partial charge on any atom is -0.317 e. The van der Waals surface area contributed by atoms with Crippen molar-refractivity contribution in [2.45, 2.75) is 46.5 Å². The van der Waals surface area contributed by atoms with Crippen molar-refractivity contribution in [3.63, 3.8) is 0 Å². The van der Waals surface area contributed by atoms with Crippen LogP contribution in [-0.2, 0) is 6.42 Å². The number of piperidine rings is 1.